The highest BCUT2D eigenvalue weighted by atomic mass is 15.2. The molecule has 0 amide bonds. The van der Waals surface area contributed by atoms with E-state index in [4.69, 9.17) is 19.9 Å². The average molecular weight is 1580 g/mol. The molecule has 0 spiro atoms. The van der Waals surface area contributed by atoms with E-state index in [0.29, 0.717) is 11.9 Å². The zero-order valence-corrected chi connectivity index (χ0v) is 67.1. The monoisotopic (exact) mass is 1580 g/mol. The molecule has 26 rings (SSSR count). The molecule has 8 nitrogen and oxygen atoms in total. The lowest BCUT2D eigenvalue weighted by atomic mass is 9.95. The van der Waals surface area contributed by atoms with Crippen LogP contribution in [0.15, 0.2) is 437 Å². The Kier molecular flexibility index (Phi) is 16.2. The van der Waals surface area contributed by atoms with Gasteiger partial charge in [0.1, 0.15) is 0 Å². The molecule has 0 saturated heterocycles. The molecule has 0 N–H and O–H groups in total. The number of fused-ring (bicyclic) bond motifs is 26. The minimum absolute atomic E-state index is 0.637. The van der Waals surface area contributed by atoms with Crippen LogP contribution in [0.2, 0.25) is 0 Å². The molecule has 0 saturated carbocycles. The van der Waals surface area contributed by atoms with Crippen molar-refractivity contribution >= 4 is 152 Å². The Hall–Kier alpha value is -16.7. The summed E-state index contributed by atoms with van der Waals surface area (Å²) in [6.07, 6.45) is 0. The normalized spacial score (nSPS) is 11.9. The molecule has 6 heterocycles. The van der Waals surface area contributed by atoms with Crippen molar-refractivity contribution in [3.63, 3.8) is 0 Å². The maximum atomic E-state index is 5.53. The highest BCUT2D eigenvalue weighted by molar-refractivity contribution is 6.40. The standard InChI is InChI=1S/C64H40N4.C52H32N4/c1-4-18-41(19-5-1)44-32-34-45(35-33-44)62-53-28-14-16-30-55(53)65-64(66-62)68-56-31-17-15-29-54(56)59-57(68)36-37-58-61(59)60-51-26-12-10-24-49(51)50-25-11-13-27-52(50)63(60)67(58)48-39-46(42-20-6-2-7-21-42)38-47(40-48)43-22-8-3-9-23-43;1-3-15-33(16-4-1)34-27-29-35(30-28-34)50-41-23-11-13-25-43(41)53-52(54-50)56-44-26-14-12-24-42(44)47-45(56)31-32-46-49(47)48-39-21-9-7-19-37(39)38-20-8-10-22-40(38)51(48)55(46)36-17-5-2-6-18-36/h1-40H;1-32H. The third kappa shape index (κ3) is 11.1. The first kappa shape index (κ1) is 70.3. The molecule has 0 fully saturated rings. The van der Waals surface area contributed by atoms with Gasteiger partial charge in [-0.3, -0.25) is 9.13 Å². The molecule has 8 heteroatoms. The lowest BCUT2D eigenvalue weighted by Gasteiger charge is -2.15. The molecular weight excluding hydrogens is 1510 g/mol. The van der Waals surface area contributed by atoms with Gasteiger partial charge in [0.15, 0.2) is 0 Å². The number of rotatable bonds is 10. The van der Waals surface area contributed by atoms with Crippen molar-refractivity contribution in [3.05, 3.63) is 437 Å². The second-order valence-electron chi connectivity index (χ2n) is 32.2. The van der Waals surface area contributed by atoms with Crippen LogP contribution in [0.5, 0.6) is 0 Å². The van der Waals surface area contributed by atoms with Crippen molar-refractivity contribution in [3.8, 4) is 90.3 Å². The second-order valence-corrected chi connectivity index (χ2v) is 32.2. The van der Waals surface area contributed by atoms with E-state index in [1.165, 1.54) is 142 Å². The van der Waals surface area contributed by atoms with E-state index >= 15 is 0 Å². The Bertz CT molecular complexity index is 8760. The fourth-order valence-corrected chi connectivity index (χ4v) is 20.0. The van der Waals surface area contributed by atoms with Crippen LogP contribution in [0.1, 0.15) is 0 Å². The zero-order chi connectivity index (χ0) is 81.5. The van der Waals surface area contributed by atoms with E-state index in [0.717, 1.165) is 88.7 Å². The molecule has 0 unspecified atom stereocenters. The summed E-state index contributed by atoms with van der Waals surface area (Å²) in [5.74, 6) is 1.29. The zero-order valence-electron chi connectivity index (χ0n) is 67.1. The van der Waals surface area contributed by atoms with Gasteiger partial charge in [0.2, 0.25) is 11.9 Å². The van der Waals surface area contributed by atoms with Gasteiger partial charge in [-0.1, -0.05) is 358 Å². The molecule has 0 bridgehead atoms. The second kappa shape index (κ2) is 28.5. The van der Waals surface area contributed by atoms with Gasteiger partial charge in [-0.05, 0) is 156 Å². The fraction of sp³-hybridized carbons (Fsp3) is 0. The van der Waals surface area contributed by atoms with Crippen molar-refractivity contribution in [2.45, 2.75) is 0 Å². The van der Waals surface area contributed by atoms with Gasteiger partial charge in [-0.2, -0.15) is 0 Å². The molecule has 6 aromatic heterocycles. The third-order valence-electron chi connectivity index (χ3n) is 25.4. The van der Waals surface area contributed by atoms with Crippen molar-refractivity contribution < 1.29 is 0 Å². The molecular formula is C116H72N8. The number of benzene rings is 20. The maximum absolute atomic E-state index is 5.53. The third-order valence-corrected chi connectivity index (χ3v) is 25.4. The van der Waals surface area contributed by atoms with Crippen LogP contribution in [0.4, 0.5) is 0 Å². The SMILES string of the molecule is c1ccc(-c2ccc(-c3nc(-n4c5ccccc5c5c6c7c8ccccc8c8ccccc8c7n(-c7cc(-c8ccccc8)cc(-c8ccccc8)c7)c6ccc54)nc4ccccc34)cc2)cc1.c1ccc(-c2ccc(-c3nc(-n4c5ccccc5c5c6c7c8ccccc8c8ccccc8c7n(-c7ccccc7)c6ccc54)nc4ccccc34)cc2)cc1. The predicted octanol–water partition coefficient (Wildman–Crippen LogP) is 30.3. The van der Waals surface area contributed by atoms with Gasteiger partial charge < -0.3 is 9.13 Å². The maximum Gasteiger partial charge on any atom is 0.235 e. The van der Waals surface area contributed by atoms with Crippen LogP contribution in [0, 0.1) is 0 Å². The Balaban J connectivity index is 0.000000138. The molecule has 124 heavy (non-hydrogen) atoms. The van der Waals surface area contributed by atoms with E-state index < -0.39 is 0 Å². The first-order chi connectivity index (χ1) is 61.6. The summed E-state index contributed by atoms with van der Waals surface area (Å²) < 4.78 is 9.56. The van der Waals surface area contributed by atoms with E-state index in [1.807, 2.05) is 0 Å². The highest BCUT2D eigenvalue weighted by Gasteiger charge is 2.29. The van der Waals surface area contributed by atoms with Gasteiger partial charge in [-0.25, -0.2) is 19.9 Å². The van der Waals surface area contributed by atoms with E-state index in [-0.39, 0.29) is 0 Å². The smallest absolute Gasteiger partial charge is 0.235 e. The lowest BCUT2D eigenvalue weighted by molar-refractivity contribution is 1.01. The number of hydrogen-bond acceptors (Lipinski definition) is 4. The number of para-hydroxylation sites is 5. The number of hydrogen-bond donors (Lipinski definition) is 0. The number of nitrogens with zero attached hydrogens (tertiary/aromatic N) is 8. The summed E-state index contributed by atoms with van der Waals surface area (Å²) in [7, 11) is 0. The van der Waals surface area contributed by atoms with Crippen LogP contribution in [-0.4, -0.2) is 38.2 Å². The predicted molar refractivity (Wildman–Crippen MR) is 519 cm³/mol. The molecule has 0 radical (unpaired) electrons. The Morgan fingerprint density at radius 2 is 0.419 bits per heavy atom. The topological polar surface area (TPSA) is 71.3 Å². The Morgan fingerprint density at radius 1 is 0.145 bits per heavy atom. The van der Waals surface area contributed by atoms with E-state index in [2.05, 4.69) is 455 Å². The van der Waals surface area contributed by atoms with E-state index in [1.54, 1.807) is 0 Å². The van der Waals surface area contributed by atoms with Crippen molar-refractivity contribution in [1.82, 2.24) is 38.2 Å². The largest absolute Gasteiger partial charge is 0.309 e. The fourth-order valence-electron chi connectivity index (χ4n) is 20.0. The average Bonchev–Trinajstić information content (AvgIpc) is 1.53. The summed E-state index contributed by atoms with van der Waals surface area (Å²) in [4.78, 5) is 21.7. The van der Waals surface area contributed by atoms with Crippen molar-refractivity contribution in [1.29, 1.82) is 0 Å². The van der Waals surface area contributed by atoms with Gasteiger partial charge in [0, 0.05) is 87.1 Å². The van der Waals surface area contributed by atoms with Crippen LogP contribution in [0.25, 0.3) is 242 Å². The first-order valence-electron chi connectivity index (χ1n) is 42.3. The molecule has 0 aliphatic carbocycles. The number of aromatic nitrogens is 8. The van der Waals surface area contributed by atoms with Crippen LogP contribution in [-0.2, 0) is 0 Å². The minimum atomic E-state index is 0.637. The van der Waals surface area contributed by atoms with Gasteiger partial charge in [0.05, 0.1) is 66.6 Å². The summed E-state index contributed by atoms with van der Waals surface area (Å²) >= 11 is 0. The molecule has 576 valence electrons. The lowest BCUT2D eigenvalue weighted by Crippen LogP contribution is -2.03. The summed E-state index contributed by atoms with van der Waals surface area (Å²) in [5.41, 5.74) is 26.3. The van der Waals surface area contributed by atoms with Gasteiger partial charge in [0.25, 0.3) is 0 Å². The van der Waals surface area contributed by atoms with Gasteiger partial charge in [-0.15, -0.1) is 0 Å². The summed E-state index contributed by atoms with van der Waals surface area (Å²) in [5, 5.41) is 21.5. The highest BCUT2D eigenvalue weighted by Crippen LogP contribution is 2.51. The van der Waals surface area contributed by atoms with Crippen LogP contribution in [0.3, 0.4) is 0 Å². The summed E-state index contributed by atoms with van der Waals surface area (Å²) in [6, 6.07) is 157. The van der Waals surface area contributed by atoms with Crippen molar-refractivity contribution in [2.75, 3.05) is 0 Å². The molecule has 0 aliphatic heterocycles. The minimum Gasteiger partial charge on any atom is -0.309 e. The molecule has 0 atom stereocenters. The Morgan fingerprint density at radius 3 is 0.806 bits per heavy atom. The van der Waals surface area contributed by atoms with E-state index in [9.17, 15) is 0 Å². The van der Waals surface area contributed by atoms with Crippen LogP contribution < -0.4 is 0 Å². The van der Waals surface area contributed by atoms with Crippen LogP contribution >= 0.6 is 0 Å². The molecule has 0 aliphatic rings. The molecule has 26 aromatic rings. The quantitative estimate of drug-likeness (QED) is 0.128. The van der Waals surface area contributed by atoms with Crippen molar-refractivity contribution in [2.24, 2.45) is 0 Å². The summed E-state index contributed by atoms with van der Waals surface area (Å²) in [6.45, 7) is 0. The van der Waals surface area contributed by atoms with Gasteiger partial charge >= 0.3 is 0 Å². The first-order valence-corrected chi connectivity index (χ1v) is 42.3. The molecule has 20 aromatic carbocycles. The Labute approximate surface area is 712 Å².